The first-order chi connectivity index (χ1) is 14.4. The van der Waals surface area contributed by atoms with Crippen LogP contribution < -0.4 is 5.32 Å². The van der Waals surface area contributed by atoms with Crippen LogP contribution in [0.2, 0.25) is 0 Å². The van der Waals surface area contributed by atoms with Gasteiger partial charge in [-0.3, -0.25) is 4.79 Å². The molecule has 166 valence electrons. The Kier molecular flexibility index (Phi) is 6.31. The molecule has 0 heterocycles. The van der Waals surface area contributed by atoms with Gasteiger partial charge < -0.3 is 10.4 Å². The lowest BCUT2D eigenvalue weighted by molar-refractivity contribution is -0.131. The maximum Gasteiger partial charge on any atom is 0.328 e. The van der Waals surface area contributed by atoms with E-state index in [1.54, 1.807) is 13.8 Å². The fraction of sp³-hybridized carbons (Fsp3) is 0.481. The quantitative estimate of drug-likeness (QED) is 0.443. The third-order valence-electron chi connectivity index (χ3n) is 6.74. The Balaban J connectivity index is 2.20. The van der Waals surface area contributed by atoms with E-state index < -0.39 is 5.97 Å². The van der Waals surface area contributed by atoms with Crippen molar-refractivity contribution in [1.29, 1.82) is 0 Å². The second-order valence-electron chi connectivity index (χ2n) is 10.3. The fourth-order valence-corrected chi connectivity index (χ4v) is 5.03. The summed E-state index contributed by atoms with van der Waals surface area (Å²) in [5, 5.41) is 12.1. The number of anilines is 1. The van der Waals surface area contributed by atoms with Gasteiger partial charge in [-0.05, 0) is 83.3 Å². The highest BCUT2D eigenvalue weighted by Gasteiger charge is 2.41. The average molecular weight is 422 g/mol. The number of rotatable bonds is 4. The van der Waals surface area contributed by atoms with E-state index in [-0.39, 0.29) is 16.7 Å². The number of amides is 1. The van der Waals surface area contributed by atoms with Gasteiger partial charge in [0, 0.05) is 18.7 Å². The monoisotopic (exact) mass is 421 g/mol. The van der Waals surface area contributed by atoms with Crippen LogP contribution in [0.25, 0.3) is 5.57 Å². The molecule has 1 amide bonds. The van der Waals surface area contributed by atoms with Crippen LogP contribution in [0.5, 0.6) is 0 Å². The van der Waals surface area contributed by atoms with Gasteiger partial charge in [-0.15, -0.1) is 0 Å². The first-order valence-electron chi connectivity index (χ1n) is 11.2. The predicted octanol–water partition coefficient (Wildman–Crippen LogP) is 6.30. The number of carboxylic acid groups (broad SMARTS) is 1. The van der Waals surface area contributed by atoms with Crippen molar-refractivity contribution >= 4 is 23.1 Å². The zero-order valence-electron chi connectivity index (χ0n) is 19.7. The average Bonchev–Trinajstić information content (AvgIpc) is 2.64. The third-order valence-corrected chi connectivity index (χ3v) is 6.74. The van der Waals surface area contributed by atoms with Gasteiger partial charge in [0.1, 0.15) is 0 Å². The number of carbonyl (C=O) groups is 2. The van der Waals surface area contributed by atoms with Gasteiger partial charge in [0.25, 0.3) is 0 Å². The lowest BCUT2D eigenvalue weighted by atomic mass is 9.61. The predicted molar refractivity (Wildman–Crippen MR) is 127 cm³/mol. The highest BCUT2D eigenvalue weighted by atomic mass is 16.4. The molecule has 31 heavy (non-hydrogen) atoms. The van der Waals surface area contributed by atoms with Gasteiger partial charge in [0.15, 0.2) is 0 Å². The van der Waals surface area contributed by atoms with Crippen LogP contribution in [0.4, 0.5) is 5.69 Å². The van der Waals surface area contributed by atoms with Gasteiger partial charge in [0.05, 0.1) is 0 Å². The minimum Gasteiger partial charge on any atom is -0.478 e. The summed E-state index contributed by atoms with van der Waals surface area (Å²) in [4.78, 5) is 23.0. The molecule has 0 saturated heterocycles. The molecule has 3 rings (SSSR count). The SMILES string of the molecule is CC(=O)Nc1c2c(cc3c1C(C)(C)CCC3(C)C)\C(=C/C=C/C(C)=C/C(=O)O)CCC2. The lowest BCUT2D eigenvalue weighted by Gasteiger charge is -2.44. The van der Waals surface area contributed by atoms with E-state index in [2.05, 4.69) is 45.2 Å². The van der Waals surface area contributed by atoms with Crippen molar-refractivity contribution in [2.75, 3.05) is 5.32 Å². The molecule has 0 atom stereocenters. The van der Waals surface area contributed by atoms with Crippen LogP contribution in [0.15, 0.2) is 35.9 Å². The molecule has 1 aromatic carbocycles. The van der Waals surface area contributed by atoms with Crippen LogP contribution in [0.1, 0.15) is 89.5 Å². The van der Waals surface area contributed by atoms with E-state index in [1.807, 2.05) is 12.2 Å². The van der Waals surface area contributed by atoms with Crippen molar-refractivity contribution in [2.24, 2.45) is 0 Å². The largest absolute Gasteiger partial charge is 0.478 e. The molecule has 0 radical (unpaired) electrons. The van der Waals surface area contributed by atoms with Crippen molar-refractivity contribution in [3.8, 4) is 0 Å². The highest BCUT2D eigenvalue weighted by molar-refractivity contribution is 5.93. The summed E-state index contributed by atoms with van der Waals surface area (Å²) in [7, 11) is 0. The summed E-state index contributed by atoms with van der Waals surface area (Å²) in [5.74, 6) is -0.963. The first kappa shape index (κ1) is 23.1. The molecule has 2 N–H and O–H groups in total. The highest BCUT2D eigenvalue weighted by Crippen LogP contribution is 2.52. The number of carboxylic acids is 1. The van der Waals surface area contributed by atoms with Crippen molar-refractivity contribution in [3.05, 3.63) is 58.2 Å². The topological polar surface area (TPSA) is 66.4 Å². The number of carbonyl (C=O) groups excluding carboxylic acids is 1. The minimum absolute atomic E-state index is 0.0115. The lowest BCUT2D eigenvalue weighted by Crippen LogP contribution is -2.36. The summed E-state index contributed by atoms with van der Waals surface area (Å²) in [5.41, 5.74) is 8.13. The van der Waals surface area contributed by atoms with Crippen molar-refractivity contribution < 1.29 is 14.7 Å². The minimum atomic E-state index is -0.936. The Morgan fingerprint density at radius 3 is 2.39 bits per heavy atom. The number of hydrogen-bond acceptors (Lipinski definition) is 2. The molecule has 0 fully saturated rings. The molecule has 0 bridgehead atoms. The van der Waals surface area contributed by atoms with Crippen LogP contribution in [0.3, 0.4) is 0 Å². The first-order valence-corrected chi connectivity index (χ1v) is 11.2. The molecule has 0 unspecified atom stereocenters. The molecule has 0 saturated carbocycles. The Bertz CT molecular complexity index is 1010. The van der Waals surface area contributed by atoms with Gasteiger partial charge in [-0.2, -0.15) is 0 Å². The fourth-order valence-electron chi connectivity index (χ4n) is 5.03. The van der Waals surface area contributed by atoms with Gasteiger partial charge in [-0.1, -0.05) is 52.0 Å². The number of fused-ring (bicyclic) bond motifs is 2. The molecule has 0 spiro atoms. The van der Waals surface area contributed by atoms with Crippen LogP contribution in [-0.2, 0) is 26.8 Å². The Labute approximate surface area is 186 Å². The van der Waals surface area contributed by atoms with Crippen molar-refractivity contribution in [1.82, 2.24) is 0 Å². The van der Waals surface area contributed by atoms with Crippen LogP contribution in [0, 0.1) is 0 Å². The molecule has 0 aromatic heterocycles. The smallest absolute Gasteiger partial charge is 0.328 e. The van der Waals surface area contributed by atoms with Gasteiger partial charge in [-0.25, -0.2) is 4.79 Å². The van der Waals surface area contributed by atoms with Crippen molar-refractivity contribution in [2.45, 2.75) is 84.5 Å². The summed E-state index contributed by atoms with van der Waals surface area (Å²) >= 11 is 0. The zero-order chi connectivity index (χ0) is 23.0. The summed E-state index contributed by atoms with van der Waals surface area (Å²) in [6, 6.07) is 2.37. The summed E-state index contributed by atoms with van der Waals surface area (Å²) < 4.78 is 0. The molecule has 2 aliphatic rings. The standard InChI is InChI=1S/C27H35NO3/c1-17(15-23(30)31)9-7-10-19-11-8-12-20-21(19)16-22-24(25(20)28-18(2)29)27(5,6)14-13-26(22,3)4/h7,9-10,15-16H,8,11-14H2,1-6H3,(H,28,29)(H,30,31)/b9-7+,17-15+,19-10-. The Hall–Kier alpha value is -2.62. The number of hydrogen-bond donors (Lipinski definition) is 2. The van der Waals surface area contributed by atoms with Crippen LogP contribution in [-0.4, -0.2) is 17.0 Å². The Morgan fingerprint density at radius 2 is 1.74 bits per heavy atom. The molecule has 2 aliphatic carbocycles. The second-order valence-corrected chi connectivity index (χ2v) is 10.3. The van der Waals surface area contributed by atoms with Gasteiger partial charge in [0.2, 0.25) is 5.91 Å². The van der Waals surface area contributed by atoms with E-state index in [4.69, 9.17) is 5.11 Å². The normalized spacial score (nSPS) is 21.0. The van der Waals surface area contributed by atoms with E-state index in [1.165, 1.54) is 33.9 Å². The van der Waals surface area contributed by atoms with E-state index in [9.17, 15) is 9.59 Å². The van der Waals surface area contributed by atoms with Gasteiger partial charge >= 0.3 is 5.97 Å². The maximum absolute atomic E-state index is 12.2. The van der Waals surface area contributed by atoms with E-state index in [0.29, 0.717) is 5.57 Å². The molecule has 4 nitrogen and oxygen atoms in total. The third kappa shape index (κ3) is 4.84. The summed E-state index contributed by atoms with van der Waals surface area (Å²) in [6.07, 6.45) is 12.2. The van der Waals surface area contributed by atoms with E-state index in [0.717, 1.165) is 37.8 Å². The second kappa shape index (κ2) is 8.49. The van der Waals surface area contributed by atoms with Crippen molar-refractivity contribution in [3.63, 3.8) is 0 Å². The zero-order valence-corrected chi connectivity index (χ0v) is 19.7. The number of benzene rings is 1. The molecule has 1 aromatic rings. The molecule has 4 heteroatoms. The number of aliphatic carboxylic acids is 1. The Morgan fingerprint density at radius 1 is 1.06 bits per heavy atom. The van der Waals surface area contributed by atoms with Crippen LogP contribution >= 0.6 is 0 Å². The number of nitrogens with one attached hydrogen (secondary N) is 1. The maximum atomic E-state index is 12.2. The summed E-state index contributed by atoms with van der Waals surface area (Å²) in [6.45, 7) is 12.6. The van der Waals surface area contributed by atoms with E-state index >= 15 is 0 Å². The molecule has 0 aliphatic heterocycles. The molecular weight excluding hydrogens is 386 g/mol. The molecular formula is C27H35NO3. The number of allylic oxidation sites excluding steroid dienone is 5.